The van der Waals surface area contributed by atoms with Crippen LogP contribution in [0.5, 0.6) is 5.75 Å². The van der Waals surface area contributed by atoms with Crippen LogP contribution in [0.4, 0.5) is 15.8 Å². The van der Waals surface area contributed by atoms with Gasteiger partial charge >= 0.3 is 0 Å². The Morgan fingerprint density at radius 1 is 1.04 bits per heavy atom. The van der Waals surface area contributed by atoms with Crippen LogP contribution in [0, 0.1) is 5.82 Å². The van der Waals surface area contributed by atoms with Crippen molar-refractivity contribution in [2.45, 2.75) is 25.7 Å². The molecule has 0 saturated carbocycles. The monoisotopic (exact) mass is 316 g/mol. The summed E-state index contributed by atoms with van der Waals surface area (Å²) in [5, 5.41) is 2.55. The second kappa shape index (κ2) is 4.91. The Labute approximate surface area is 130 Å². The lowest BCUT2D eigenvalue weighted by Crippen LogP contribution is -2.33. The molecule has 1 aromatic carbocycles. The summed E-state index contributed by atoms with van der Waals surface area (Å²) in [4.78, 5) is 37.3. The number of carbonyl (C=O) groups is 3. The van der Waals surface area contributed by atoms with E-state index in [0.29, 0.717) is 24.0 Å². The zero-order chi connectivity index (χ0) is 16.1. The molecule has 0 unspecified atom stereocenters. The van der Waals surface area contributed by atoms with Gasteiger partial charge in [-0.05, 0) is 31.7 Å². The van der Waals surface area contributed by atoms with E-state index in [4.69, 9.17) is 4.74 Å². The normalized spacial score (nSPS) is 20.2. The van der Waals surface area contributed by atoms with Crippen molar-refractivity contribution >= 4 is 29.1 Å². The first-order valence-electron chi connectivity index (χ1n) is 7.43. The van der Waals surface area contributed by atoms with Crippen LogP contribution in [0.1, 0.15) is 25.7 Å². The number of rotatable bonds is 1. The first kappa shape index (κ1) is 13.9. The number of hydrogen-bond acceptors (Lipinski definition) is 4. The summed E-state index contributed by atoms with van der Waals surface area (Å²) in [6.07, 6.45) is 2.79. The summed E-state index contributed by atoms with van der Waals surface area (Å²) in [6, 6.07) is 2.36. The van der Waals surface area contributed by atoms with Gasteiger partial charge in [0.05, 0.1) is 11.4 Å². The zero-order valence-electron chi connectivity index (χ0n) is 12.1. The Balaban J connectivity index is 1.77. The minimum Gasteiger partial charge on any atom is -0.481 e. The first-order chi connectivity index (χ1) is 11.1. The smallest absolute Gasteiger partial charge is 0.262 e. The number of nitrogens with one attached hydrogen (secondary N) is 1. The third-order valence-corrected chi connectivity index (χ3v) is 4.31. The van der Waals surface area contributed by atoms with Gasteiger partial charge in [-0.1, -0.05) is 0 Å². The SMILES string of the molecule is O=C1COc2cc(F)c(N3C(=O)C4=C(CCCC4)C3=O)cc2N1. The van der Waals surface area contributed by atoms with E-state index in [1.54, 1.807) is 0 Å². The van der Waals surface area contributed by atoms with E-state index in [1.807, 2.05) is 0 Å². The predicted molar refractivity (Wildman–Crippen MR) is 78.5 cm³/mol. The van der Waals surface area contributed by atoms with Gasteiger partial charge in [0.1, 0.15) is 5.75 Å². The van der Waals surface area contributed by atoms with Gasteiger partial charge in [0.15, 0.2) is 12.4 Å². The van der Waals surface area contributed by atoms with E-state index in [-0.39, 0.29) is 29.6 Å². The third kappa shape index (κ3) is 2.03. The number of imide groups is 1. The molecule has 2 heterocycles. The van der Waals surface area contributed by atoms with Gasteiger partial charge in [0.2, 0.25) is 0 Å². The molecular formula is C16H13FN2O4. The molecule has 4 rings (SSSR count). The average molecular weight is 316 g/mol. The summed E-state index contributed by atoms with van der Waals surface area (Å²) >= 11 is 0. The van der Waals surface area contributed by atoms with Crippen LogP contribution >= 0.6 is 0 Å². The average Bonchev–Trinajstić information content (AvgIpc) is 2.79. The molecule has 1 aliphatic carbocycles. The summed E-state index contributed by atoms with van der Waals surface area (Å²) < 4.78 is 19.5. The number of benzene rings is 1. The highest BCUT2D eigenvalue weighted by Crippen LogP contribution is 2.40. The minimum absolute atomic E-state index is 0.154. The van der Waals surface area contributed by atoms with E-state index in [0.717, 1.165) is 23.8 Å². The van der Waals surface area contributed by atoms with Crippen molar-refractivity contribution in [1.29, 1.82) is 0 Å². The Morgan fingerprint density at radius 3 is 2.35 bits per heavy atom. The van der Waals surface area contributed by atoms with Crippen LogP contribution in [0.15, 0.2) is 23.3 Å². The van der Waals surface area contributed by atoms with Gasteiger partial charge in [-0.2, -0.15) is 0 Å². The van der Waals surface area contributed by atoms with Crippen LogP contribution in [0.25, 0.3) is 0 Å². The van der Waals surface area contributed by atoms with Gasteiger partial charge in [0.25, 0.3) is 17.7 Å². The highest BCUT2D eigenvalue weighted by atomic mass is 19.1. The molecule has 0 saturated heterocycles. The Bertz CT molecular complexity index is 772. The van der Waals surface area contributed by atoms with Crippen molar-refractivity contribution in [3.05, 3.63) is 29.1 Å². The highest BCUT2D eigenvalue weighted by molar-refractivity contribution is 6.33. The first-order valence-corrected chi connectivity index (χ1v) is 7.43. The summed E-state index contributed by atoms with van der Waals surface area (Å²) in [5.41, 5.74) is 1.07. The largest absolute Gasteiger partial charge is 0.481 e. The standard InChI is InChI=1S/C16H13FN2O4/c17-10-5-13-11(18-14(20)7-23-13)6-12(10)19-15(21)8-3-1-2-4-9(8)16(19)22/h5-6H,1-4,7H2,(H,18,20). The van der Waals surface area contributed by atoms with Crippen LogP contribution in [0.2, 0.25) is 0 Å². The molecule has 3 amide bonds. The Morgan fingerprint density at radius 2 is 1.70 bits per heavy atom. The Kier molecular flexibility index (Phi) is 2.97. The predicted octanol–water partition coefficient (Wildman–Crippen LogP) is 1.90. The minimum atomic E-state index is -0.735. The third-order valence-electron chi connectivity index (χ3n) is 4.31. The van der Waals surface area contributed by atoms with E-state index in [2.05, 4.69) is 5.32 Å². The maximum absolute atomic E-state index is 14.4. The molecule has 118 valence electrons. The van der Waals surface area contributed by atoms with E-state index in [9.17, 15) is 18.8 Å². The van der Waals surface area contributed by atoms with Crippen LogP contribution in [-0.4, -0.2) is 24.3 Å². The zero-order valence-corrected chi connectivity index (χ0v) is 12.1. The van der Waals surface area contributed by atoms with Crippen molar-refractivity contribution in [1.82, 2.24) is 0 Å². The van der Waals surface area contributed by atoms with E-state index >= 15 is 0 Å². The topological polar surface area (TPSA) is 75.7 Å². The molecule has 0 fully saturated rings. The number of nitrogens with zero attached hydrogens (tertiary/aromatic N) is 1. The van der Waals surface area contributed by atoms with Crippen molar-refractivity contribution < 1.29 is 23.5 Å². The molecule has 0 atom stereocenters. The molecule has 0 radical (unpaired) electrons. The summed E-state index contributed by atoms with van der Waals surface area (Å²) in [7, 11) is 0. The van der Waals surface area contributed by atoms with Crippen molar-refractivity contribution in [3.63, 3.8) is 0 Å². The number of anilines is 2. The molecule has 0 aromatic heterocycles. The molecule has 0 bridgehead atoms. The number of amides is 3. The Hall–Kier alpha value is -2.70. The molecule has 3 aliphatic rings. The van der Waals surface area contributed by atoms with E-state index in [1.165, 1.54) is 6.07 Å². The number of carbonyl (C=O) groups excluding carboxylic acids is 3. The molecule has 23 heavy (non-hydrogen) atoms. The molecular weight excluding hydrogens is 303 g/mol. The fourth-order valence-corrected chi connectivity index (χ4v) is 3.22. The molecule has 7 heteroatoms. The highest BCUT2D eigenvalue weighted by Gasteiger charge is 2.41. The lowest BCUT2D eigenvalue weighted by atomic mass is 9.93. The van der Waals surface area contributed by atoms with Gasteiger partial charge in [-0.25, -0.2) is 9.29 Å². The molecule has 0 spiro atoms. The lowest BCUT2D eigenvalue weighted by molar-refractivity contribution is -0.121. The van der Waals surface area contributed by atoms with Gasteiger partial charge in [-0.3, -0.25) is 14.4 Å². The number of halogens is 1. The summed E-state index contributed by atoms with van der Waals surface area (Å²) in [5.74, 6) is -1.85. The number of ether oxygens (including phenoxy) is 1. The van der Waals surface area contributed by atoms with Crippen LogP contribution < -0.4 is 15.0 Å². The van der Waals surface area contributed by atoms with Crippen molar-refractivity contribution in [3.8, 4) is 5.75 Å². The summed E-state index contributed by atoms with van der Waals surface area (Å²) in [6.45, 7) is -0.191. The molecule has 2 aliphatic heterocycles. The van der Waals surface area contributed by atoms with Crippen molar-refractivity contribution in [2.24, 2.45) is 0 Å². The number of fused-ring (bicyclic) bond motifs is 1. The van der Waals surface area contributed by atoms with Crippen molar-refractivity contribution in [2.75, 3.05) is 16.8 Å². The van der Waals surface area contributed by atoms with Crippen LogP contribution in [0.3, 0.4) is 0 Å². The fourth-order valence-electron chi connectivity index (χ4n) is 3.22. The maximum Gasteiger partial charge on any atom is 0.262 e. The second-order valence-corrected chi connectivity index (χ2v) is 5.75. The quantitative estimate of drug-likeness (QED) is 0.803. The molecule has 1 N–H and O–H groups in total. The molecule has 6 nitrogen and oxygen atoms in total. The fraction of sp³-hybridized carbons (Fsp3) is 0.312. The second-order valence-electron chi connectivity index (χ2n) is 5.75. The van der Waals surface area contributed by atoms with Crippen LogP contribution in [-0.2, 0) is 14.4 Å². The van der Waals surface area contributed by atoms with Gasteiger partial charge < -0.3 is 10.1 Å². The molecule has 1 aromatic rings. The maximum atomic E-state index is 14.4. The lowest BCUT2D eigenvalue weighted by Gasteiger charge is -2.22. The number of hydrogen-bond donors (Lipinski definition) is 1. The van der Waals surface area contributed by atoms with E-state index < -0.39 is 17.6 Å². The van der Waals surface area contributed by atoms with Gasteiger partial charge in [-0.15, -0.1) is 0 Å². The van der Waals surface area contributed by atoms with Gasteiger partial charge in [0, 0.05) is 17.2 Å².